The zero-order valence-electron chi connectivity index (χ0n) is 15.5. The first-order valence-corrected chi connectivity index (χ1v) is 8.40. The minimum Gasteiger partial charge on any atom is -0.307 e. The molecule has 1 unspecified atom stereocenters. The Labute approximate surface area is 153 Å². The van der Waals surface area contributed by atoms with Crippen LogP contribution < -0.4 is 10.6 Å². The molecule has 0 spiro atoms. The highest BCUT2D eigenvalue weighted by Crippen LogP contribution is 2.21. The van der Waals surface area contributed by atoms with Gasteiger partial charge in [-0.05, 0) is 45.5 Å². The van der Waals surface area contributed by atoms with Crippen molar-refractivity contribution in [2.75, 3.05) is 18.9 Å². The van der Waals surface area contributed by atoms with Crippen LogP contribution in [0.15, 0.2) is 42.5 Å². The Balaban J connectivity index is 1.91. The Morgan fingerprint density at radius 1 is 1.15 bits per heavy atom. The van der Waals surface area contributed by atoms with E-state index >= 15 is 0 Å². The number of hydrogen-bond acceptors (Lipinski definition) is 3. The Morgan fingerprint density at radius 3 is 2.50 bits per heavy atom. The first-order chi connectivity index (χ1) is 12.3. The highest BCUT2D eigenvalue weighted by atomic mass is 19.1. The number of rotatable bonds is 5. The molecule has 6 heteroatoms. The Bertz CT molecular complexity index is 807. The number of amides is 3. The van der Waals surface area contributed by atoms with Crippen LogP contribution in [0, 0.1) is 19.7 Å². The van der Waals surface area contributed by atoms with Gasteiger partial charge in [-0.3, -0.25) is 15.0 Å². The number of imide groups is 1. The van der Waals surface area contributed by atoms with Crippen LogP contribution in [-0.2, 0) is 4.79 Å². The van der Waals surface area contributed by atoms with Gasteiger partial charge in [0.05, 0.1) is 6.54 Å². The summed E-state index contributed by atoms with van der Waals surface area (Å²) in [7, 11) is 1.71. The van der Waals surface area contributed by atoms with Gasteiger partial charge in [0.1, 0.15) is 5.82 Å². The molecule has 0 fully saturated rings. The maximum Gasteiger partial charge on any atom is 0.325 e. The fraction of sp³-hybridized carbons (Fsp3) is 0.300. The third-order valence-electron chi connectivity index (χ3n) is 4.29. The fourth-order valence-corrected chi connectivity index (χ4v) is 2.69. The molecule has 2 aromatic rings. The number of hydrogen-bond donors (Lipinski definition) is 2. The van der Waals surface area contributed by atoms with Gasteiger partial charge in [0.15, 0.2) is 0 Å². The number of nitrogens with one attached hydrogen (secondary N) is 2. The third kappa shape index (κ3) is 5.13. The highest BCUT2D eigenvalue weighted by molar-refractivity contribution is 6.02. The predicted octanol–water partition coefficient (Wildman–Crippen LogP) is 3.78. The number of anilines is 1. The average Bonchev–Trinajstić information content (AvgIpc) is 2.57. The lowest BCUT2D eigenvalue weighted by atomic mass is 10.1. The van der Waals surface area contributed by atoms with Gasteiger partial charge in [-0.15, -0.1) is 0 Å². The first kappa shape index (κ1) is 19.6. The van der Waals surface area contributed by atoms with Gasteiger partial charge in [0.25, 0.3) is 0 Å². The molecule has 0 heterocycles. The molecule has 1 atom stereocenters. The molecule has 0 saturated carbocycles. The van der Waals surface area contributed by atoms with Crippen molar-refractivity contribution in [2.45, 2.75) is 26.8 Å². The lowest BCUT2D eigenvalue weighted by molar-refractivity contribution is -0.121. The van der Waals surface area contributed by atoms with E-state index in [9.17, 15) is 14.0 Å². The Kier molecular flexibility index (Phi) is 6.46. The maximum absolute atomic E-state index is 13.9. The second-order valence-corrected chi connectivity index (χ2v) is 6.43. The van der Waals surface area contributed by atoms with Crippen molar-refractivity contribution in [2.24, 2.45) is 0 Å². The van der Waals surface area contributed by atoms with Gasteiger partial charge in [-0.1, -0.05) is 35.9 Å². The predicted molar refractivity (Wildman–Crippen MR) is 101 cm³/mol. The summed E-state index contributed by atoms with van der Waals surface area (Å²) in [4.78, 5) is 25.8. The van der Waals surface area contributed by atoms with Crippen molar-refractivity contribution in [1.82, 2.24) is 10.2 Å². The smallest absolute Gasteiger partial charge is 0.307 e. The van der Waals surface area contributed by atoms with Crippen LogP contribution in [-0.4, -0.2) is 30.4 Å². The number of carbonyl (C=O) groups excluding carboxylic acids is 2. The molecule has 0 aliphatic rings. The molecule has 0 radical (unpaired) electrons. The van der Waals surface area contributed by atoms with Crippen LogP contribution in [0.25, 0.3) is 0 Å². The molecule has 0 saturated heterocycles. The SMILES string of the molecule is Cc1ccc(NC(=O)NC(=O)CN(C)C(C)c2ccccc2F)c(C)c1. The van der Waals surface area contributed by atoms with E-state index in [4.69, 9.17) is 0 Å². The van der Waals surface area contributed by atoms with Gasteiger partial charge >= 0.3 is 6.03 Å². The largest absolute Gasteiger partial charge is 0.325 e. The average molecular weight is 357 g/mol. The van der Waals surface area contributed by atoms with Gasteiger partial charge in [-0.25, -0.2) is 9.18 Å². The third-order valence-corrected chi connectivity index (χ3v) is 4.29. The van der Waals surface area contributed by atoms with Crippen LogP contribution in [0.1, 0.15) is 29.7 Å². The van der Waals surface area contributed by atoms with E-state index in [2.05, 4.69) is 10.6 Å². The van der Waals surface area contributed by atoms with Crippen molar-refractivity contribution < 1.29 is 14.0 Å². The molecule has 0 aromatic heterocycles. The second-order valence-electron chi connectivity index (χ2n) is 6.43. The van der Waals surface area contributed by atoms with Gasteiger partial charge in [0, 0.05) is 17.3 Å². The van der Waals surface area contributed by atoms with Crippen molar-refractivity contribution in [3.05, 3.63) is 65.0 Å². The minimum absolute atomic E-state index is 0.0319. The van der Waals surface area contributed by atoms with Gasteiger partial charge < -0.3 is 5.32 Å². The second kappa shape index (κ2) is 8.58. The number of urea groups is 1. The fourth-order valence-electron chi connectivity index (χ4n) is 2.69. The quantitative estimate of drug-likeness (QED) is 0.856. The molecule has 0 bridgehead atoms. The van der Waals surface area contributed by atoms with Crippen LogP contribution in [0.4, 0.5) is 14.9 Å². The first-order valence-electron chi connectivity index (χ1n) is 8.40. The Hall–Kier alpha value is -2.73. The number of halogens is 1. The molecule has 2 aromatic carbocycles. The van der Waals surface area contributed by atoms with Crippen molar-refractivity contribution in [1.29, 1.82) is 0 Å². The lowest BCUT2D eigenvalue weighted by Crippen LogP contribution is -2.41. The summed E-state index contributed by atoms with van der Waals surface area (Å²) in [6.45, 7) is 5.62. The summed E-state index contributed by atoms with van der Waals surface area (Å²) in [5.74, 6) is -0.780. The molecule has 5 nitrogen and oxygen atoms in total. The summed E-state index contributed by atoms with van der Waals surface area (Å²) >= 11 is 0. The van der Waals surface area contributed by atoms with Crippen LogP contribution in [0.2, 0.25) is 0 Å². The molecule has 26 heavy (non-hydrogen) atoms. The Morgan fingerprint density at radius 2 is 1.85 bits per heavy atom. The van der Waals surface area contributed by atoms with E-state index < -0.39 is 11.9 Å². The number of aryl methyl sites for hydroxylation is 2. The lowest BCUT2D eigenvalue weighted by Gasteiger charge is -2.24. The summed E-state index contributed by atoms with van der Waals surface area (Å²) in [5.41, 5.74) is 3.16. The summed E-state index contributed by atoms with van der Waals surface area (Å²) in [6, 6.07) is 11.2. The molecule has 0 aliphatic heterocycles. The molecule has 2 N–H and O–H groups in total. The number of carbonyl (C=O) groups is 2. The standard InChI is InChI=1S/C20H24FN3O2/c1-13-9-10-18(14(2)11-13)22-20(26)23-19(25)12-24(4)15(3)16-7-5-6-8-17(16)21/h5-11,15H,12H2,1-4H3,(H2,22,23,25,26). The number of likely N-dealkylation sites (N-methyl/N-ethyl adjacent to an activating group) is 1. The van der Waals surface area contributed by atoms with E-state index in [0.717, 1.165) is 11.1 Å². The van der Waals surface area contributed by atoms with Crippen LogP contribution in [0.3, 0.4) is 0 Å². The van der Waals surface area contributed by atoms with E-state index in [0.29, 0.717) is 11.3 Å². The van der Waals surface area contributed by atoms with Gasteiger partial charge in [-0.2, -0.15) is 0 Å². The molecule has 2 rings (SSSR count). The van der Waals surface area contributed by atoms with E-state index in [1.807, 2.05) is 26.0 Å². The zero-order valence-corrected chi connectivity index (χ0v) is 15.5. The van der Waals surface area contributed by atoms with Crippen molar-refractivity contribution in [3.63, 3.8) is 0 Å². The topological polar surface area (TPSA) is 61.4 Å². The van der Waals surface area contributed by atoms with Crippen LogP contribution in [0.5, 0.6) is 0 Å². The van der Waals surface area contributed by atoms with E-state index in [1.165, 1.54) is 6.07 Å². The summed E-state index contributed by atoms with van der Waals surface area (Å²) in [5, 5.41) is 4.96. The maximum atomic E-state index is 13.9. The number of nitrogens with zero attached hydrogens (tertiary/aromatic N) is 1. The molecule has 0 aliphatic carbocycles. The van der Waals surface area contributed by atoms with E-state index in [-0.39, 0.29) is 18.4 Å². The van der Waals surface area contributed by atoms with E-state index in [1.54, 1.807) is 43.1 Å². The molecular weight excluding hydrogens is 333 g/mol. The summed E-state index contributed by atoms with van der Waals surface area (Å²) < 4.78 is 13.9. The monoisotopic (exact) mass is 357 g/mol. The van der Waals surface area contributed by atoms with Gasteiger partial charge in [0.2, 0.25) is 5.91 Å². The zero-order chi connectivity index (χ0) is 19.3. The highest BCUT2D eigenvalue weighted by Gasteiger charge is 2.18. The number of benzene rings is 2. The van der Waals surface area contributed by atoms with Crippen LogP contribution >= 0.6 is 0 Å². The summed E-state index contributed by atoms with van der Waals surface area (Å²) in [6.07, 6.45) is 0. The molecular formula is C20H24FN3O2. The van der Waals surface area contributed by atoms with Crippen molar-refractivity contribution in [3.8, 4) is 0 Å². The molecule has 3 amide bonds. The van der Waals surface area contributed by atoms with Crippen molar-refractivity contribution >= 4 is 17.6 Å². The minimum atomic E-state index is -0.589. The molecule has 138 valence electrons. The normalized spacial score (nSPS) is 11.9.